The monoisotopic (exact) mass is 359 g/mol. The molecular formula is C14H10BrN5S. The van der Waals surface area contributed by atoms with Gasteiger partial charge in [0.2, 0.25) is 4.77 Å². The van der Waals surface area contributed by atoms with Crippen LogP contribution in [0, 0.1) is 4.77 Å². The van der Waals surface area contributed by atoms with Crippen LogP contribution in [0.5, 0.6) is 0 Å². The largest absolute Gasteiger partial charge is 0.264 e. The highest BCUT2D eigenvalue weighted by Gasteiger charge is 2.07. The van der Waals surface area contributed by atoms with E-state index in [1.807, 2.05) is 36.4 Å². The average Bonchev–Trinajstić information content (AvgIpc) is 2.89. The topological polar surface area (TPSA) is 58.9 Å². The van der Waals surface area contributed by atoms with Gasteiger partial charge in [-0.05, 0) is 42.0 Å². The first-order chi connectivity index (χ1) is 10.2. The zero-order valence-electron chi connectivity index (χ0n) is 10.8. The van der Waals surface area contributed by atoms with Crippen LogP contribution in [0.3, 0.4) is 0 Å². The van der Waals surface area contributed by atoms with Gasteiger partial charge in [-0.1, -0.05) is 28.1 Å². The first-order valence-corrected chi connectivity index (χ1v) is 7.32. The summed E-state index contributed by atoms with van der Waals surface area (Å²) in [6.07, 6.45) is 5.16. The second kappa shape index (κ2) is 6.11. The molecule has 3 aromatic rings. The van der Waals surface area contributed by atoms with Crippen molar-refractivity contribution in [2.24, 2.45) is 5.10 Å². The Morgan fingerprint density at radius 2 is 2.05 bits per heavy atom. The minimum Gasteiger partial charge on any atom is -0.264 e. The number of aromatic amines is 1. The van der Waals surface area contributed by atoms with Crippen LogP contribution in [0.2, 0.25) is 0 Å². The molecule has 0 unspecified atom stereocenters. The Kier molecular flexibility index (Phi) is 4.03. The van der Waals surface area contributed by atoms with E-state index in [4.69, 9.17) is 12.2 Å². The SMILES string of the molecule is S=c1[nH]nc(-c2cccnc2)n1N=Cc1ccc(Br)cc1. The molecule has 2 aromatic heterocycles. The number of rotatable bonds is 3. The molecule has 3 rings (SSSR count). The molecule has 0 fully saturated rings. The van der Waals surface area contributed by atoms with Crippen LogP contribution in [0.15, 0.2) is 58.4 Å². The molecule has 0 bridgehead atoms. The Morgan fingerprint density at radius 3 is 2.76 bits per heavy atom. The van der Waals surface area contributed by atoms with Crippen LogP contribution in [0.1, 0.15) is 5.56 Å². The number of nitrogens with zero attached hydrogens (tertiary/aromatic N) is 4. The van der Waals surface area contributed by atoms with Crippen molar-refractivity contribution < 1.29 is 0 Å². The van der Waals surface area contributed by atoms with Crippen LogP contribution in [0.25, 0.3) is 11.4 Å². The summed E-state index contributed by atoms with van der Waals surface area (Å²) in [7, 11) is 0. The maximum Gasteiger partial charge on any atom is 0.216 e. The summed E-state index contributed by atoms with van der Waals surface area (Å²) in [4.78, 5) is 4.08. The lowest BCUT2D eigenvalue weighted by Crippen LogP contribution is -1.95. The fourth-order valence-electron chi connectivity index (χ4n) is 1.75. The number of hydrogen-bond donors (Lipinski definition) is 1. The van der Waals surface area contributed by atoms with E-state index in [-0.39, 0.29) is 0 Å². The van der Waals surface area contributed by atoms with Gasteiger partial charge in [0.15, 0.2) is 5.82 Å². The Bertz CT molecular complexity index is 821. The Balaban J connectivity index is 1.98. The van der Waals surface area contributed by atoms with Gasteiger partial charge >= 0.3 is 0 Å². The van der Waals surface area contributed by atoms with Crippen molar-refractivity contribution in [3.05, 3.63) is 63.6 Å². The third-order valence-corrected chi connectivity index (χ3v) is 3.56. The lowest BCUT2D eigenvalue weighted by molar-refractivity contribution is 0.871. The normalized spacial score (nSPS) is 11.1. The summed E-state index contributed by atoms with van der Waals surface area (Å²) < 4.78 is 3.03. The second-order valence-electron chi connectivity index (χ2n) is 4.20. The van der Waals surface area contributed by atoms with E-state index in [1.54, 1.807) is 23.3 Å². The van der Waals surface area contributed by atoms with Crippen LogP contribution >= 0.6 is 28.1 Å². The molecule has 7 heteroatoms. The Hall–Kier alpha value is -2.12. The van der Waals surface area contributed by atoms with Gasteiger partial charge in [0.25, 0.3) is 0 Å². The van der Waals surface area contributed by atoms with Crippen molar-refractivity contribution in [2.75, 3.05) is 0 Å². The molecule has 0 aliphatic heterocycles. The molecule has 5 nitrogen and oxygen atoms in total. The molecule has 2 heterocycles. The van der Waals surface area contributed by atoms with Crippen LogP contribution < -0.4 is 0 Å². The van der Waals surface area contributed by atoms with Crippen LogP contribution in [0.4, 0.5) is 0 Å². The quantitative estimate of drug-likeness (QED) is 0.573. The molecule has 21 heavy (non-hydrogen) atoms. The third kappa shape index (κ3) is 3.14. The predicted molar refractivity (Wildman–Crippen MR) is 87.8 cm³/mol. The molecule has 1 aromatic carbocycles. The fraction of sp³-hybridized carbons (Fsp3) is 0. The first kappa shape index (κ1) is 13.8. The molecule has 104 valence electrons. The Morgan fingerprint density at radius 1 is 1.24 bits per heavy atom. The first-order valence-electron chi connectivity index (χ1n) is 6.12. The molecule has 1 N–H and O–H groups in total. The summed E-state index contributed by atoms with van der Waals surface area (Å²) in [5.74, 6) is 0.626. The minimum atomic E-state index is 0.433. The number of nitrogens with one attached hydrogen (secondary N) is 1. The molecule has 0 saturated heterocycles. The maximum atomic E-state index is 5.21. The van der Waals surface area contributed by atoms with Crippen LogP contribution in [-0.4, -0.2) is 26.1 Å². The van der Waals surface area contributed by atoms with Crippen molar-refractivity contribution in [1.82, 2.24) is 19.9 Å². The van der Waals surface area contributed by atoms with Gasteiger partial charge < -0.3 is 0 Å². The van der Waals surface area contributed by atoms with E-state index in [0.29, 0.717) is 10.6 Å². The van der Waals surface area contributed by atoms with Gasteiger partial charge in [-0.2, -0.15) is 14.9 Å². The third-order valence-electron chi connectivity index (χ3n) is 2.76. The standard InChI is InChI=1S/C14H10BrN5S/c15-12-5-3-10(4-6-12)8-17-20-13(18-19-14(20)21)11-2-1-7-16-9-11/h1-9H,(H,19,21). The Labute approximate surface area is 134 Å². The van der Waals surface area contributed by atoms with E-state index in [0.717, 1.165) is 15.6 Å². The summed E-state index contributed by atoms with van der Waals surface area (Å²) in [6.45, 7) is 0. The highest BCUT2D eigenvalue weighted by molar-refractivity contribution is 9.10. The molecular weight excluding hydrogens is 350 g/mol. The van der Waals surface area contributed by atoms with Crippen molar-refractivity contribution in [3.8, 4) is 11.4 Å². The molecule has 0 aliphatic carbocycles. The van der Waals surface area contributed by atoms with Gasteiger partial charge in [-0.3, -0.25) is 4.98 Å². The van der Waals surface area contributed by atoms with E-state index < -0.39 is 0 Å². The van der Waals surface area contributed by atoms with Gasteiger partial charge in [-0.15, -0.1) is 0 Å². The van der Waals surface area contributed by atoms with Gasteiger partial charge in [-0.25, -0.2) is 5.10 Å². The maximum absolute atomic E-state index is 5.21. The minimum absolute atomic E-state index is 0.433. The summed E-state index contributed by atoms with van der Waals surface area (Å²) >= 11 is 8.61. The highest BCUT2D eigenvalue weighted by Crippen LogP contribution is 2.15. The second-order valence-corrected chi connectivity index (χ2v) is 5.50. The van der Waals surface area contributed by atoms with Crippen molar-refractivity contribution >= 4 is 34.4 Å². The summed E-state index contributed by atoms with van der Waals surface area (Å²) in [5, 5.41) is 11.3. The van der Waals surface area contributed by atoms with Crippen molar-refractivity contribution in [2.45, 2.75) is 0 Å². The molecule has 0 amide bonds. The molecule has 0 atom stereocenters. The number of pyridine rings is 1. The lowest BCUT2D eigenvalue weighted by Gasteiger charge is -2.00. The van der Waals surface area contributed by atoms with E-state index in [2.05, 4.69) is 36.2 Å². The number of aromatic nitrogens is 4. The van der Waals surface area contributed by atoms with Crippen molar-refractivity contribution in [1.29, 1.82) is 0 Å². The number of benzene rings is 1. The summed E-state index contributed by atoms with van der Waals surface area (Å²) in [5.41, 5.74) is 1.82. The summed E-state index contributed by atoms with van der Waals surface area (Å²) in [6, 6.07) is 11.6. The zero-order valence-corrected chi connectivity index (χ0v) is 13.2. The molecule has 0 radical (unpaired) electrons. The molecule has 0 spiro atoms. The van der Waals surface area contributed by atoms with Crippen molar-refractivity contribution in [3.63, 3.8) is 0 Å². The van der Waals surface area contributed by atoms with Gasteiger partial charge in [0, 0.05) is 22.4 Å². The number of halogens is 1. The van der Waals surface area contributed by atoms with Gasteiger partial charge in [0.1, 0.15) is 0 Å². The van der Waals surface area contributed by atoms with E-state index in [9.17, 15) is 0 Å². The zero-order chi connectivity index (χ0) is 14.7. The fourth-order valence-corrected chi connectivity index (χ4v) is 2.20. The number of hydrogen-bond acceptors (Lipinski definition) is 4. The predicted octanol–water partition coefficient (Wildman–Crippen LogP) is 3.65. The number of H-pyrrole nitrogens is 1. The lowest BCUT2D eigenvalue weighted by atomic mass is 10.2. The molecule has 0 aliphatic rings. The average molecular weight is 360 g/mol. The van der Waals surface area contributed by atoms with E-state index in [1.165, 1.54) is 0 Å². The van der Waals surface area contributed by atoms with E-state index >= 15 is 0 Å². The molecule has 0 saturated carbocycles. The van der Waals surface area contributed by atoms with Gasteiger partial charge in [0.05, 0.1) is 6.21 Å². The smallest absolute Gasteiger partial charge is 0.216 e. The van der Waals surface area contributed by atoms with Crippen LogP contribution in [-0.2, 0) is 0 Å². The highest BCUT2D eigenvalue weighted by atomic mass is 79.9.